The minimum absolute atomic E-state index is 0.0216. The molecule has 2 aromatic carbocycles. The normalized spacial score (nSPS) is 18.9. The fraction of sp³-hybridized carbons (Fsp3) is 0.458. The summed E-state index contributed by atoms with van der Waals surface area (Å²) >= 11 is 0. The van der Waals surface area contributed by atoms with Gasteiger partial charge in [0.15, 0.2) is 9.84 Å². The van der Waals surface area contributed by atoms with Crippen LogP contribution in [0.15, 0.2) is 46.2 Å². The van der Waals surface area contributed by atoms with E-state index in [2.05, 4.69) is 4.72 Å². The SMILES string of the molecule is CNS(=O)(=O)c1ccc(N2CCC(CO)C2)c(C(=O)N2CCN(c3ccc(S(C)(=O)=O)cc3F)CC2)c1. The molecule has 10 nitrogen and oxygen atoms in total. The largest absolute Gasteiger partial charge is 0.396 e. The zero-order valence-corrected chi connectivity index (χ0v) is 22.4. The standard InChI is InChI=1S/C24H31FN4O6S2/c1-26-37(34,35)19-4-5-22(29-8-7-17(15-29)16-30)20(13-19)24(31)28-11-9-27(10-12-28)23-6-3-18(14-21(23)25)36(2,32)33/h3-6,13-14,17,26,30H,7-12,15-16H2,1-2H3. The highest BCUT2D eigenvalue weighted by molar-refractivity contribution is 7.90. The summed E-state index contributed by atoms with van der Waals surface area (Å²) in [5.41, 5.74) is 1.13. The van der Waals surface area contributed by atoms with E-state index < -0.39 is 25.7 Å². The van der Waals surface area contributed by atoms with Gasteiger partial charge in [-0.3, -0.25) is 4.79 Å². The van der Waals surface area contributed by atoms with Crippen LogP contribution in [-0.4, -0.2) is 91.9 Å². The molecule has 1 amide bonds. The van der Waals surface area contributed by atoms with Crippen molar-refractivity contribution in [3.8, 4) is 0 Å². The number of carbonyl (C=O) groups is 1. The molecule has 1 atom stereocenters. The molecule has 0 spiro atoms. The maximum Gasteiger partial charge on any atom is 0.256 e. The first kappa shape index (κ1) is 27.3. The number of anilines is 2. The minimum Gasteiger partial charge on any atom is -0.396 e. The van der Waals surface area contributed by atoms with E-state index in [9.17, 15) is 31.1 Å². The molecule has 0 radical (unpaired) electrons. The fourth-order valence-electron chi connectivity index (χ4n) is 4.74. The Kier molecular flexibility index (Phi) is 7.79. The highest BCUT2D eigenvalue weighted by Crippen LogP contribution is 2.31. The Morgan fingerprint density at radius 1 is 0.973 bits per heavy atom. The van der Waals surface area contributed by atoms with E-state index >= 15 is 0 Å². The van der Waals surface area contributed by atoms with Crippen LogP contribution in [0.25, 0.3) is 0 Å². The van der Waals surface area contributed by atoms with Crippen LogP contribution in [0, 0.1) is 11.7 Å². The molecule has 2 aliphatic rings. The number of amides is 1. The molecule has 0 saturated carbocycles. The van der Waals surface area contributed by atoms with E-state index in [0.29, 0.717) is 31.9 Å². The number of rotatable bonds is 7. The van der Waals surface area contributed by atoms with Gasteiger partial charge in [0.1, 0.15) is 5.82 Å². The number of nitrogens with one attached hydrogen (secondary N) is 1. The van der Waals surface area contributed by atoms with Crippen molar-refractivity contribution in [3.05, 3.63) is 47.8 Å². The summed E-state index contributed by atoms with van der Waals surface area (Å²) in [5, 5.41) is 9.54. The lowest BCUT2D eigenvalue weighted by molar-refractivity contribution is 0.0747. The highest BCUT2D eigenvalue weighted by Gasteiger charge is 2.30. The summed E-state index contributed by atoms with van der Waals surface area (Å²) in [7, 11) is -6.01. The van der Waals surface area contributed by atoms with Crippen LogP contribution in [0.2, 0.25) is 0 Å². The summed E-state index contributed by atoms with van der Waals surface area (Å²) in [5.74, 6) is -0.901. The van der Waals surface area contributed by atoms with Crippen LogP contribution in [-0.2, 0) is 19.9 Å². The Balaban J connectivity index is 1.56. The lowest BCUT2D eigenvalue weighted by Gasteiger charge is -2.37. The molecule has 2 saturated heterocycles. The van der Waals surface area contributed by atoms with E-state index in [4.69, 9.17) is 0 Å². The number of carbonyl (C=O) groups excluding carboxylic acids is 1. The lowest BCUT2D eigenvalue weighted by atomic mass is 10.1. The molecule has 1 unspecified atom stereocenters. The Labute approximate surface area is 216 Å². The van der Waals surface area contributed by atoms with Gasteiger partial charge in [0.05, 0.1) is 21.0 Å². The molecule has 37 heavy (non-hydrogen) atoms. The Morgan fingerprint density at radius 3 is 2.19 bits per heavy atom. The Morgan fingerprint density at radius 2 is 1.62 bits per heavy atom. The number of sulfone groups is 1. The van der Waals surface area contributed by atoms with Crippen molar-refractivity contribution in [2.75, 3.05) is 69.0 Å². The molecule has 2 heterocycles. The van der Waals surface area contributed by atoms with E-state index in [-0.39, 0.29) is 52.6 Å². The second-order valence-electron chi connectivity index (χ2n) is 9.33. The number of hydrogen-bond donors (Lipinski definition) is 2. The van der Waals surface area contributed by atoms with Gasteiger partial charge in [-0.1, -0.05) is 0 Å². The van der Waals surface area contributed by atoms with Gasteiger partial charge >= 0.3 is 0 Å². The van der Waals surface area contributed by atoms with E-state index in [0.717, 1.165) is 18.7 Å². The van der Waals surface area contributed by atoms with Crippen LogP contribution in [0.4, 0.5) is 15.8 Å². The fourth-order valence-corrected chi connectivity index (χ4v) is 6.13. The summed E-state index contributed by atoms with van der Waals surface area (Å²) in [4.78, 5) is 18.9. The second kappa shape index (κ2) is 10.6. The average molecular weight is 555 g/mol. The van der Waals surface area contributed by atoms with Gasteiger partial charge < -0.3 is 19.8 Å². The Bertz CT molecular complexity index is 1390. The molecule has 2 aromatic rings. The molecular weight excluding hydrogens is 523 g/mol. The number of nitrogens with zero attached hydrogens (tertiary/aromatic N) is 3. The maximum atomic E-state index is 14.7. The molecule has 0 bridgehead atoms. The van der Waals surface area contributed by atoms with Crippen molar-refractivity contribution in [2.24, 2.45) is 5.92 Å². The third kappa shape index (κ3) is 5.74. The zero-order chi connectivity index (χ0) is 27.0. The molecule has 13 heteroatoms. The van der Waals surface area contributed by atoms with Gasteiger partial charge in [0.2, 0.25) is 10.0 Å². The number of piperazine rings is 1. The van der Waals surface area contributed by atoms with E-state index in [1.54, 1.807) is 15.9 Å². The van der Waals surface area contributed by atoms with Gasteiger partial charge in [0, 0.05) is 63.7 Å². The maximum absolute atomic E-state index is 14.7. The topological polar surface area (TPSA) is 127 Å². The molecule has 4 rings (SSSR count). The van der Waals surface area contributed by atoms with Crippen LogP contribution in [0.5, 0.6) is 0 Å². The number of sulfonamides is 1. The molecule has 0 aromatic heterocycles. The van der Waals surface area contributed by atoms with E-state index in [1.165, 1.54) is 31.3 Å². The predicted molar refractivity (Wildman–Crippen MR) is 138 cm³/mol. The number of hydrogen-bond acceptors (Lipinski definition) is 8. The monoisotopic (exact) mass is 554 g/mol. The zero-order valence-electron chi connectivity index (χ0n) is 20.7. The van der Waals surface area contributed by atoms with Crippen molar-refractivity contribution in [1.82, 2.24) is 9.62 Å². The van der Waals surface area contributed by atoms with Crippen molar-refractivity contribution in [3.63, 3.8) is 0 Å². The quantitative estimate of drug-likeness (QED) is 0.517. The van der Waals surface area contributed by atoms with E-state index in [1.807, 2.05) is 4.90 Å². The number of aliphatic hydroxyl groups is 1. The molecular formula is C24H31FN4O6S2. The molecule has 202 valence electrons. The van der Waals surface area contributed by atoms with Crippen molar-refractivity contribution < 1.29 is 31.1 Å². The molecule has 2 N–H and O–H groups in total. The van der Waals surface area contributed by atoms with Crippen LogP contribution in [0.3, 0.4) is 0 Å². The average Bonchev–Trinajstić information content (AvgIpc) is 3.37. The van der Waals surface area contributed by atoms with Crippen LogP contribution >= 0.6 is 0 Å². The number of benzene rings is 2. The van der Waals surface area contributed by atoms with Gasteiger partial charge in [0.25, 0.3) is 5.91 Å². The Hall–Kier alpha value is -2.74. The summed E-state index contributed by atoms with van der Waals surface area (Å²) in [6, 6.07) is 8.26. The summed E-state index contributed by atoms with van der Waals surface area (Å²) < 4.78 is 65.3. The third-order valence-electron chi connectivity index (χ3n) is 6.92. The lowest BCUT2D eigenvalue weighted by Crippen LogP contribution is -2.49. The van der Waals surface area contributed by atoms with Gasteiger partial charge in [-0.2, -0.15) is 0 Å². The summed E-state index contributed by atoms with van der Waals surface area (Å²) in [6.07, 6.45) is 1.78. The molecule has 0 aliphatic carbocycles. The first-order valence-electron chi connectivity index (χ1n) is 11.9. The predicted octanol–water partition coefficient (Wildman–Crippen LogP) is 0.918. The number of aliphatic hydroxyl groups excluding tert-OH is 1. The van der Waals surface area contributed by atoms with Crippen LogP contribution < -0.4 is 14.5 Å². The summed E-state index contributed by atoms with van der Waals surface area (Å²) in [6.45, 7) is 2.42. The molecule has 2 fully saturated rings. The third-order valence-corrected chi connectivity index (χ3v) is 9.44. The first-order valence-corrected chi connectivity index (χ1v) is 15.3. The molecule has 2 aliphatic heterocycles. The van der Waals surface area contributed by atoms with Crippen LogP contribution in [0.1, 0.15) is 16.8 Å². The van der Waals surface area contributed by atoms with Gasteiger partial charge in [-0.15, -0.1) is 0 Å². The number of halogens is 1. The van der Waals surface area contributed by atoms with Crippen molar-refractivity contribution >= 4 is 37.1 Å². The first-order chi connectivity index (χ1) is 17.4. The van der Waals surface area contributed by atoms with Crippen molar-refractivity contribution in [2.45, 2.75) is 16.2 Å². The van der Waals surface area contributed by atoms with Crippen molar-refractivity contribution in [1.29, 1.82) is 0 Å². The van der Waals surface area contributed by atoms with Gasteiger partial charge in [-0.05, 0) is 49.9 Å². The second-order valence-corrected chi connectivity index (χ2v) is 13.2. The van der Waals surface area contributed by atoms with Gasteiger partial charge in [-0.25, -0.2) is 25.9 Å². The smallest absolute Gasteiger partial charge is 0.256 e. The minimum atomic E-state index is -3.78. The highest BCUT2D eigenvalue weighted by atomic mass is 32.2.